The first-order valence-corrected chi connectivity index (χ1v) is 5.96. The number of rotatable bonds is 4. The maximum Gasteiger partial charge on any atom is 0.306 e. The number of aliphatic carboxylic acids is 1. The molecule has 2 N–H and O–H groups in total. The van der Waals surface area contributed by atoms with Gasteiger partial charge in [0.1, 0.15) is 12.2 Å². The van der Waals surface area contributed by atoms with Crippen molar-refractivity contribution in [3.05, 3.63) is 12.2 Å². The predicted octanol–water partition coefficient (Wildman–Crippen LogP) is 0.548. The molecule has 17 heavy (non-hydrogen) atoms. The van der Waals surface area contributed by atoms with Gasteiger partial charge in [0.25, 0.3) is 0 Å². The molecule has 1 heterocycles. The van der Waals surface area contributed by atoms with E-state index in [0.717, 1.165) is 31.5 Å². The topological polar surface area (TPSA) is 80.0 Å². The van der Waals surface area contributed by atoms with E-state index in [4.69, 9.17) is 5.11 Å². The largest absolute Gasteiger partial charge is 0.481 e. The first-order chi connectivity index (χ1) is 8.16. The second-order valence-corrected chi connectivity index (χ2v) is 4.57. The van der Waals surface area contributed by atoms with Gasteiger partial charge in [-0.25, -0.2) is 4.98 Å². The Bertz CT molecular complexity index is 383. The maximum atomic E-state index is 10.8. The van der Waals surface area contributed by atoms with E-state index in [1.165, 1.54) is 0 Å². The van der Waals surface area contributed by atoms with Crippen LogP contribution in [0.3, 0.4) is 0 Å². The summed E-state index contributed by atoms with van der Waals surface area (Å²) < 4.78 is 1.75. The summed E-state index contributed by atoms with van der Waals surface area (Å²) in [5, 5.41) is 16.3. The van der Waals surface area contributed by atoms with Crippen molar-refractivity contribution in [1.29, 1.82) is 0 Å². The summed E-state index contributed by atoms with van der Waals surface area (Å²) in [5.74, 6) is 0.102. The van der Waals surface area contributed by atoms with Crippen LogP contribution < -0.4 is 5.32 Å². The number of carboxylic acid groups (broad SMARTS) is 1. The molecule has 0 aliphatic heterocycles. The van der Waals surface area contributed by atoms with Gasteiger partial charge in [-0.1, -0.05) is 0 Å². The Labute approximate surface area is 100 Å². The molecular weight excluding hydrogens is 220 g/mol. The molecule has 94 valence electrons. The van der Waals surface area contributed by atoms with Crippen LogP contribution in [0.5, 0.6) is 0 Å². The summed E-state index contributed by atoms with van der Waals surface area (Å²) in [6.45, 7) is 0.693. The molecule has 1 aliphatic rings. The van der Waals surface area contributed by atoms with Crippen LogP contribution in [0.25, 0.3) is 0 Å². The predicted molar refractivity (Wildman–Crippen MR) is 61.2 cm³/mol. The quantitative estimate of drug-likeness (QED) is 0.800. The van der Waals surface area contributed by atoms with E-state index in [1.54, 1.807) is 11.0 Å². The lowest BCUT2D eigenvalue weighted by molar-refractivity contribution is -0.142. The molecule has 1 fully saturated rings. The van der Waals surface area contributed by atoms with E-state index in [1.807, 2.05) is 7.05 Å². The summed E-state index contributed by atoms with van der Waals surface area (Å²) in [4.78, 5) is 14.9. The SMILES string of the molecule is Cn1ncnc1CNC1CCC(C(=O)O)CC1. The maximum absolute atomic E-state index is 10.8. The van der Waals surface area contributed by atoms with Gasteiger partial charge in [-0.05, 0) is 25.7 Å². The smallest absolute Gasteiger partial charge is 0.306 e. The average molecular weight is 238 g/mol. The first-order valence-electron chi connectivity index (χ1n) is 5.96. The molecule has 0 bridgehead atoms. The monoisotopic (exact) mass is 238 g/mol. The van der Waals surface area contributed by atoms with Gasteiger partial charge in [0.2, 0.25) is 0 Å². The number of hydrogen-bond donors (Lipinski definition) is 2. The third-order valence-electron chi connectivity index (χ3n) is 3.43. The van der Waals surface area contributed by atoms with Crippen LogP contribution in [0.15, 0.2) is 6.33 Å². The molecule has 2 rings (SSSR count). The third kappa shape index (κ3) is 3.03. The number of hydrogen-bond acceptors (Lipinski definition) is 4. The van der Waals surface area contributed by atoms with Crippen LogP contribution in [0, 0.1) is 5.92 Å². The van der Waals surface area contributed by atoms with Crippen molar-refractivity contribution < 1.29 is 9.90 Å². The number of nitrogens with one attached hydrogen (secondary N) is 1. The zero-order valence-electron chi connectivity index (χ0n) is 9.96. The number of aryl methyl sites for hydroxylation is 1. The molecule has 0 saturated heterocycles. The minimum atomic E-state index is -0.656. The Morgan fingerprint density at radius 2 is 2.24 bits per heavy atom. The zero-order valence-corrected chi connectivity index (χ0v) is 9.96. The highest BCUT2D eigenvalue weighted by atomic mass is 16.4. The van der Waals surface area contributed by atoms with Crippen LogP contribution in [-0.4, -0.2) is 31.9 Å². The lowest BCUT2D eigenvalue weighted by Gasteiger charge is -2.26. The van der Waals surface area contributed by atoms with E-state index in [2.05, 4.69) is 15.4 Å². The minimum Gasteiger partial charge on any atom is -0.481 e. The fraction of sp³-hybridized carbons (Fsp3) is 0.727. The average Bonchev–Trinajstić information content (AvgIpc) is 2.73. The lowest BCUT2D eigenvalue weighted by atomic mass is 9.86. The molecule has 1 aliphatic carbocycles. The normalized spacial score (nSPS) is 24.8. The van der Waals surface area contributed by atoms with E-state index in [9.17, 15) is 4.79 Å². The zero-order chi connectivity index (χ0) is 12.3. The third-order valence-corrected chi connectivity index (χ3v) is 3.43. The van der Waals surface area contributed by atoms with Gasteiger partial charge in [-0.15, -0.1) is 0 Å². The number of carbonyl (C=O) groups is 1. The summed E-state index contributed by atoms with van der Waals surface area (Å²) >= 11 is 0. The number of nitrogens with zero attached hydrogens (tertiary/aromatic N) is 3. The second kappa shape index (κ2) is 5.27. The van der Waals surface area contributed by atoms with Crippen LogP contribution in [0.1, 0.15) is 31.5 Å². The first kappa shape index (κ1) is 12.0. The highest BCUT2D eigenvalue weighted by molar-refractivity contribution is 5.70. The molecule has 1 aromatic heterocycles. The van der Waals surface area contributed by atoms with Crippen LogP contribution >= 0.6 is 0 Å². The van der Waals surface area contributed by atoms with Gasteiger partial charge >= 0.3 is 5.97 Å². The molecule has 6 nitrogen and oxygen atoms in total. The van der Waals surface area contributed by atoms with Crippen molar-refractivity contribution in [3.8, 4) is 0 Å². The minimum absolute atomic E-state index is 0.150. The van der Waals surface area contributed by atoms with E-state index < -0.39 is 5.97 Å². The van der Waals surface area contributed by atoms with Crippen molar-refractivity contribution in [2.45, 2.75) is 38.3 Å². The molecule has 0 radical (unpaired) electrons. The van der Waals surface area contributed by atoms with Crippen LogP contribution in [0.2, 0.25) is 0 Å². The van der Waals surface area contributed by atoms with Crippen LogP contribution in [0.4, 0.5) is 0 Å². The summed E-state index contributed by atoms with van der Waals surface area (Å²) in [6.07, 6.45) is 4.93. The molecule has 0 atom stereocenters. The summed E-state index contributed by atoms with van der Waals surface area (Å²) in [6, 6.07) is 0.405. The Hall–Kier alpha value is -1.43. The van der Waals surface area contributed by atoms with Gasteiger partial charge in [0.05, 0.1) is 12.5 Å². The number of aromatic nitrogens is 3. The van der Waals surface area contributed by atoms with Crippen molar-refractivity contribution in [2.24, 2.45) is 13.0 Å². The Morgan fingerprint density at radius 1 is 1.53 bits per heavy atom. The highest BCUT2D eigenvalue weighted by Gasteiger charge is 2.25. The van der Waals surface area contributed by atoms with E-state index in [0.29, 0.717) is 12.6 Å². The van der Waals surface area contributed by atoms with Gasteiger partial charge in [0, 0.05) is 13.1 Å². The molecule has 0 amide bonds. The second-order valence-electron chi connectivity index (χ2n) is 4.57. The van der Waals surface area contributed by atoms with Crippen molar-refractivity contribution in [3.63, 3.8) is 0 Å². The van der Waals surface area contributed by atoms with Crippen molar-refractivity contribution in [2.75, 3.05) is 0 Å². The number of carboxylic acids is 1. The molecule has 0 spiro atoms. The summed E-state index contributed by atoms with van der Waals surface area (Å²) in [5.41, 5.74) is 0. The Balaban J connectivity index is 1.75. The van der Waals surface area contributed by atoms with Crippen molar-refractivity contribution in [1.82, 2.24) is 20.1 Å². The van der Waals surface area contributed by atoms with Crippen LogP contribution in [-0.2, 0) is 18.4 Å². The molecule has 0 unspecified atom stereocenters. The van der Waals surface area contributed by atoms with Gasteiger partial charge < -0.3 is 10.4 Å². The fourth-order valence-electron chi connectivity index (χ4n) is 2.26. The fourth-order valence-corrected chi connectivity index (χ4v) is 2.26. The standard InChI is InChI=1S/C11H18N4O2/c1-15-10(13-7-14-15)6-12-9-4-2-8(3-5-9)11(16)17/h7-9,12H,2-6H2,1H3,(H,16,17). The molecule has 6 heteroatoms. The molecule has 1 saturated carbocycles. The van der Waals surface area contributed by atoms with Gasteiger partial charge in [-0.2, -0.15) is 5.10 Å². The molecule has 1 aromatic rings. The molecule has 0 aromatic carbocycles. The molecular formula is C11H18N4O2. The Kier molecular flexibility index (Phi) is 3.73. The van der Waals surface area contributed by atoms with Gasteiger partial charge in [-0.3, -0.25) is 9.48 Å². The Morgan fingerprint density at radius 3 is 2.76 bits per heavy atom. The summed E-state index contributed by atoms with van der Waals surface area (Å²) in [7, 11) is 1.87. The van der Waals surface area contributed by atoms with E-state index in [-0.39, 0.29) is 5.92 Å². The highest BCUT2D eigenvalue weighted by Crippen LogP contribution is 2.24. The van der Waals surface area contributed by atoms with E-state index >= 15 is 0 Å². The van der Waals surface area contributed by atoms with Crippen molar-refractivity contribution >= 4 is 5.97 Å². The van der Waals surface area contributed by atoms with Gasteiger partial charge in [0.15, 0.2) is 0 Å². The lowest BCUT2D eigenvalue weighted by Crippen LogP contribution is -2.35.